The average molecular weight is 306 g/mol. The molecule has 1 heterocycles. The summed E-state index contributed by atoms with van der Waals surface area (Å²) in [6, 6.07) is 4.91. The Kier molecular flexibility index (Phi) is 4.04. The Morgan fingerprint density at radius 3 is 2.78 bits per heavy atom. The third-order valence-electron chi connectivity index (χ3n) is 2.52. The van der Waals surface area contributed by atoms with E-state index in [1.165, 1.54) is 16.7 Å². The monoisotopic (exact) mass is 305 g/mol. The number of halogens is 2. The SMILES string of the molecule is O=C(O)CC1SCN(c2ccc(Cl)c(Cl)c2)C1=O. The first kappa shape index (κ1) is 13.5. The van der Waals surface area contributed by atoms with Crippen molar-refractivity contribution >= 4 is 52.5 Å². The van der Waals surface area contributed by atoms with E-state index in [0.29, 0.717) is 21.6 Å². The Labute approximate surface area is 118 Å². The van der Waals surface area contributed by atoms with Crippen LogP contribution < -0.4 is 4.90 Å². The lowest BCUT2D eigenvalue weighted by atomic mass is 10.2. The second kappa shape index (κ2) is 5.38. The highest BCUT2D eigenvalue weighted by molar-refractivity contribution is 8.01. The normalized spacial score (nSPS) is 19.3. The molecular formula is C11H9Cl2NO3S. The molecule has 1 saturated heterocycles. The molecule has 0 spiro atoms. The van der Waals surface area contributed by atoms with E-state index < -0.39 is 11.2 Å². The van der Waals surface area contributed by atoms with Gasteiger partial charge >= 0.3 is 5.97 Å². The largest absolute Gasteiger partial charge is 0.481 e. The van der Waals surface area contributed by atoms with Crippen LogP contribution in [0.4, 0.5) is 5.69 Å². The second-order valence-electron chi connectivity index (χ2n) is 3.75. The van der Waals surface area contributed by atoms with E-state index in [4.69, 9.17) is 28.3 Å². The molecule has 1 aromatic rings. The first-order valence-electron chi connectivity index (χ1n) is 5.09. The lowest BCUT2D eigenvalue weighted by Gasteiger charge is -2.16. The fraction of sp³-hybridized carbons (Fsp3) is 0.273. The van der Waals surface area contributed by atoms with Crippen molar-refractivity contribution in [1.29, 1.82) is 0 Å². The van der Waals surface area contributed by atoms with E-state index in [0.717, 1.165) is 0 Å². The number of nitrogens with zero attached hydrogens (tertiary/aromatic N) is 1. The van der Waals surface area contributed by atoms with Crippen LogP contribution in [0, 0.1) is 0 Å². The molecule has 4 nitrogen and oxygen atoms in total. The summed E-state index contributed by atoms with van der Waals surface area (Å²) in [4.78, 5) is 24.1. The second-order valence-corrected chi connectivity index (χ2v) is 5.72. The van der Waals surface area contributed by atoms with Crippen LogP contribution in [0.3, 0.4) is 0 Å². The molecule has 0 aromatic heterocycles. The maximum atomic E-state index is 12.0. The molecule has 1 atom stereocenters. The standard InChI is InChI=1S/C11H9Cl2NO3S/c12-7-2-1-6(3-8(7)13)14-5-18-9(11(14)17)4-10(15)16/h1-3,9H,4-5H2,(H,15,16). The maximum Gasteiger partial charge on any atom is 0.305 e. The van der Waals surface area contributed by atoms with Crippen LogP contribution in [-0.4, -0.2) is 28.1 Å². The van der Waals surface area contributed by atoms with Crippen molar-refractivity contribution in [3.05, 3.63) is 28.2 Å². The molecule has 1 aromatic carbocycles. The van der Waals surface area contributed by atoms with E-state index in [2.05, 4.69) is 0 Å². The van der Waals surface area contributed by atoms with E-state index in [9.17, 15) is 9.59 Å². The van der Waals surface area contributed by atoms with Gasteiger partial charge in [0.15, 0.2) is 0 Å². The van der Waals surface area contributed by atoms with Gasteiger partial charge in [0.1, 0.15) is 0 Å². The number of carbonyl (C=O) groups is 2. The molecule has 1 aliphatic rings. The van der Waals surface area contributed by atoms with Gasteiger partial charge in [-0.1, -0.05) is 23.2 Å². The van der Waals surface area contributed by atoms with E-state index in [1.807, 2.05) is 0 Å². The summed E-state index contributed by atoms with van der Waals surface area (Å²) < 4.78 is 0. The number of benzene rings is 1. The molecule has 18 heavy (non-hydrogen) atoms. The van der Waals surface area contributed by atoms with Gasteiger partial charge in [0.05, 0.1) is 27.6 Å². The van der Waals surface area contributed by atoms with Gasteiger partial charge in [0.25, 0.3) is 0 Å². The molecule has 1 aliphatic heterocycles. The maximum absolute atomic E-state index is 12.0. The van der Waals surface area contributed by atoms with Crippen LogP contribution in [0.1, 0.15) is 6.42 Å². The summed E-state index contributed by atoms with van der Waals surface area (Å²) in [5.74, 6) is -0.757. The van der Waals surface area contributed by atoms with Gasteiger partial charge in [0, 0.05) is 5.69 Å². The minimum atomic E-state index is -0.975. The molecule has 96 valence electrons. The molecule has 0 bridgehead atoms. The minimum absolute atomic E-state index is 0.165. The lowest BCUT2D eigenvalue weighted by molar-refractivity contribution is -0.138. The average Bonchev–Trinajstić information content (AvgIpc) is 2.64. The molecule has 1 amide bonds. The Morgan fingerprint density at radius 2 is 2.17 bits per heavy atom. The van der Waals surface area contributed by atoms with Crippen molar-refractivity contribution in [2.45, 2.75) is 11.7 Å². The summed E-state index contributed by atoms with van der Waals surface area (Å²) in [6.45, 7) is 0. The highest BCUT2D eigenvalue weighted by Crippen LogP contribution is 2.34. The summed E-state index contributed by atoms with van der Waals surface area (Å²) in [6.07, 6.45) is -0.165. The predicted octanol–water partition coefficient (Wildman–Crippen LogP) is 2.87. The molecular weight excluding hydrogens is 297 g/mol. The molecule has 1 fully saturated rings. The Bertz CT molecular complexity index is 509. The summed E-state index contributed by atoms with van der Waals surface area (Å²) in [5, 5.41) is 8.96. The molecule has 1 unspecified atom stereocenters. The van der Waals surface area contributed by atoms with Crippen LogP contribution >= 0.6 is 35.0 Å². The van der Waals surface area contributed by atoms with Crippen LogP contribution in [-0.2, 0) is 9.59 Å². The first-order chi connectivity index (χ1) is 8.49. The smallest absolute Gasteiger partial charge is 0.305 e. The quantitative estimate of drug-likeness (QED) is 0.933. The number of carboxylic acids is 1. The summed E-state index contributed by atoms with van der Waals surface area (Å²) in [7, 11) is 0. The van der Waals surface area contributed by atoms with Gasteiger partial charge in [-0.3, -0.25) is 9.59 Å². The minimum Gasteiger partial charge on any atom is -0.481 e. The predicted molar refractivity (Wildman–Crippen MR) is 72.4 cm³/mol. The van der Waals surface area contributed by atoms with E-state index in [1.54, 1.807) is 18.2 Å². The summed E-state index contributed by atoms with van der Waals surface area (Å²) in [5.41, 5.74) is 0.634. The van der Waals surface area contributed by atoms with Gasteiger partial charge in [0.2, 0.25) is 5.91 Å². The number of rotatable bonds is 3. The number of aliphatic carboxylic acids is 1. The molecule has 7 heteroatoms. The van der Waals surface area contributed by atoms with Crippen molar-refractivity contribution < 1.29 is 14.7 Å². The van der Waals surface area contributed by atoms with Gasteiger partial charge in [-0.2, -0.15) is 0 Å². The lowest BCUT2D eigenvalue weighted by Crippen LogP contribution is -2.30. The molecule has 1 N–H and O–H groups in total. The fourth-order valence-electron chi connectivity index (χ4n) is 1.63. The Hall–Kier alpha value is -0.910. The number of carboxylic acid groups (broad SMARTS) is 1. The Morgan fingerprint density at radius 1 is 1.44 bits per heavy atom. The van der Waals surface area contributed by atoms with Gasteiger partial charge in [-0.15, -0.1) is 11.8 Å². The number of thioether (sulfide) groups is 1. The number of hydrogen-bond donors (Lipinski definition) is 1. The molecule has 0 radical (unpaired) electrons. The third-order valence-corrected chi connectivity index (χ3v) is 4.44. The highest BCUT2D eigenvalue weighted by atomic mass is 35.5. The number of hydrogen-bond acceptors (Lipinski definition) is 3. The number of carbonyl (C=O) groups excluding carboxylic acids is 1. The van der Waals surface area contributed by atoms with Crippen molar-refractivity contribution in [2.24, 2.45) is 0 Å². The van der Waals surface area contributed by atoms with Crippen LogP contribution in [0.25, 0.3) is 0 Å². The van der Waals surface area contributed by atoms with E-state index in [-0.39, 0.29) is 12.3 Å². The highest BCUT2D eigenvalue weighted by Gasteiger charge is 2.34. The zero-order chi connectivity index (χ0) is 13.3. The molecule has 0 saturated carbocycles. The first-order valence-corrected chi connectivity index (χ1v) is 6.89. The zero-order valence-electron chi connectivity index (χ0n) is 9.10. The third kappa shape index (κ3) is 2.74. The van der Waals surface area contributed by atoms with Crippen LogP contribution in [0.2, 0.25) is 10.0 Å². The number of anilines is 1. The summed E-state index contributed by atoms with van der Waals surface area (Å²) >= 11 is 13.0. The van der Waals surface area contributed by atoms with Gasteiger partial charge in [-0.05, 0) is 18.2 Å². The fourth-order valence-corrected chi connectivity index (χ4v) is 3.06. The van der Waals surface area contributed by atoms with Gasteiger partial charge < -0.3 is 10.0 Å². The Balaban J connectivity index is 2.18. The topological polar surface area (TPSA) is 57.6 Å². The molecule has 0 aliphatic carbocycles. The van der Waals surface area contributed by atoms with Crippen LogP contribution in [0.15, 0.2) is 18.2 Å². The van der Waals surface area contributed by atoms with Crippen LogP contribution in [0.5, 0.6) is 0 Å². The van der Waals surface area contributed by atoms with Crippen molar-refractivity contribution in [3.63, 3.8) is 0 Å². The van der Waals surface area contributed by atoms with E-state index >= 15 is 0 Å². The van der Waals surface area contributed by atoms with Crippen molar-refractivity contribution in [2.75, 3.05) is 10.8 Å². The van der Waals surface area contributed by atoms with Crippen molar-refractivity contribution in [1.82, 2.24) is 0 Å². The van der Waals surface area contributed by atoms with Gasteiger partial charge in [-0.25, -0.2) is 0 Å². The zero-order valence-corrected chi connectivity index (χ0v) is 11.4. The number of amides is 1. The molecule has 2 rings (SSSR count). The van der Waals surface area contributed by atoms with Crippen molar-refractivity contribution in [3.8, 4) is 0 Å².